The number of hydrogen-bond donors (Lipinski definition) is 0. The maximum absolute atomic E-state index is 11.4. The predicted molar refractivity (Wildman–Crippen MR) is 57.4 cm³/mol. The molecule has 78 valence electrons. The molecule has 0 aromatic heterocycles. The highest BCUT2D eigenvalue weighted by molar-refractivity contribution is 5.70. The second kappa shape index (κ2) is 4.17. The van der Waals surface area contributed by atoms with Gasteiger partial charge in [0, 0.05) is 6.54 Å². The average molecular weight is 203 g/mol. The molecule has 0 unspecified atom stereocenters. The minimum absolute atomic E-state index is 0.0247. The first-order chi connectivity index (χ1) is 7.33. The number of carbonyl (C=O) groups excluding carboxylic acids is 1. The zero-order chi connectivity index (χ0) is 10.7. The second-order valence-corrected chi connectivity index (χ2v) is 3.44. The lowest BCUT2D eigenvalue weighted by Gasteiger charge is -2.19. The molecule has 3 nitrogen and oxygen atoms in total. The number of amides is 1. The van der Waals surface area contributed by atoms with Crippen LogP contribution in [0.3, 0.4) is 0 Å². The van der Waals surface area contributed by atoms with Crippen LogP contribution in [0.4, 0.5) is 4.79 Å². The van der Waals surface area contributed by atoms with Gasteiger partial charge >= 0.3 is 6.09 Å². The van der Waals surface area contributed by atoms with Gasteiger partial charge in [0.1, 0.15) is 6.61 Å². The maximum Gasteiger partial charge on any atom is 0.410 e. The van der Waals surface area contributed by atoms with Gasteiger partial charge in [-0.2, -0.15) is 0 Å². The van der Waals surface area contributed by atoms with Gasteiger partial charge in [0.25, 0.3) is 0 Å². The van der Waals surface area contributed by atoms with Gasteiger partial charge in [0.15, 0.2) is 0 Å². The molecule has 3 heteroatoms. The Morgan fingerprint density at radius 1 is 1.47 bits per heavy atom. The largest absolute Gasteiger partial charge is 0.447 e. The van der Waals surface area contributed by atoms with Gasteiger partial charge in [0.05, 0.1) is 6.04 Å². The van der Waals surface area contributed by atoms with E-state index in [2.05, 4.69) is 6.58 Å². The molecule has 0 spiro atoms. The molecule has 0 radical (unpaired) electrons. The van der Waals surface area contributed by atoms with Crippen molar-refractivity contribution in [2.45, 2.75) is 6.04 Å². The van der Waals surface area contributed by atoms with Crippen LogP contribution in [0.15, 0.2) is 43.0 Å². The molecule has 1 heterocycles. The number of hydrogen-bond acceptors (Lipinski definition) is 2. The van der Waals surface area contributed by atoms with E-state index in [4.69, 9.17) is 4.74 Å². The van der Waals surface area contributed by atoms with Crippen molar-refractivity contribution >= 4 is 6.09 Å². The van der Waals surface area contributed by atoms with E-state index in [0.29, 0.717) is 13.2 Å². The Kier molecular flexibility index (Phi) is 2.72. The molecule has 0 N–H and O–H groups in total. The summed E-state index contributed by atoms with van der Waals surface area (Å²) < 4.78 is 5.02. The Morgan fingerprint density at radius 2 is 2.20 bits per heavy atom. The summed E-state index contributed by atoms with van der Waals surface area (Å²) >= 11 is 0. The monoisotopic (exact) mass is 203 g/mol. The molecule has 15 heavy (non-hydrogen) atoms. The van der Waals surface area contributed by atoms with Gasteiger partial charge in [0.2, 0.25) is 0 Å². The second-order valence-electron chi connectivity index (χ2n) is 3.44. The van der Waals surface area contributed by atoms with Crippen molar-refractivity contribution < 1.29 is 9.53 Å². The van der Waals surface area contributed by atoms with Crippen LogP contribution < -0.4 is 0 Å². The normalized spacial score (nSPS) is 20.1. The first kappa shape index (κ1) is 9.77. The molecule has 1 aliphatic heterocycles. The number of ether oxygens (including phenoxy) is 1. The Bertz CT molecular complexity index is 361. The zero-order valence-corrected chi connectivity index (χ0v) is 8.43. The van der Waals surface area contributed by atoms with Crippen molar-refractivity contribution in [1.82, 2.24) is 4.90 Å². The number of benzene rings is 1. The van der Waals surface area contributed by atoms with Crippen LogP contribution in [0.5, 0.6) is 0 Å². The fourth-order valence-corrected chi connectivity index (χ4v) is 1.74. The van der Waals surface area contributed by atoms with Crippen LogP contribution in [-0.2, 0) is 4.74 Å². The number of carbonyl (C=O) groups is 1. The summed E-state index contributed by atoms with van der Waals surface area (Å²) in [5.74, 6) is 0. The summed E-state index contributed by atoms with van der Waals surface area (Å²) in [5, 5.41) is 0. The van der Waals surface area contributed by atoms with Crippen molar-refractivity contribution in [2.24, 2.45) is 0 Å². The SMILES string of the molecule is C=CCN1C(=O)OC[C@@H]1c1ccccc1. The summed E-state index contributed by atoms with van der Waals surface area (Å²) in [6.45, 7) is 4.59. The Morgan fingerprint density at radius 3 is 2.87 bits per heavy atom. The minimum atomic E-state index is -0.260. The topological polar surface area (TPSA) is 29.5 Å². The third-order valence-corrected chi connectivity index (χ3v) is 2.49. The first-order valence-electron chi connectivity index (χ1n) is 4.92. The van der Waals surface area contributed by atoms with Crippen molar-refractivity contribution in [3.63, 3.8) is 0 Å². The van der Waals surface area contributed by atoms with E-state index < -0.39 is 0 Å². The van der Waals surface area contributed by atoms with Crippen molar-refractivity contribution in [3.8, 4) is 0 Å². The smallest absolute Gasteiger partial charge is 0.410 e. The molecule has 0 saturated carbocycles. The summed E-state index contributed by atoms with van der Waals surface area (Å²) in [7, 11) is 0. The van der Waals surface area contributed by atoms with Gasteiger partial charge in [-0.15, -0.1) is 6.58 Å². The fourth-order valence-electron chi connectivity index (χ4n) is 1.74. The molecule has 2 rings (SSSR count). The van der Waals surface area contributed by atoms with E-state index in [-0.39, 0.29) is 12.1 Å². The quantitative estimate of drug-likeness (QED) is 0.706. The van der Waals surface area contributed by atoms with Crippen LogP contribution in [0.25, 0.3) is 0 Å². The number of nitrogens with zero attached hydrogens (tertiary/aromatic N) is 1. The summed E-state index contributed by atoms with van der Waals surface area (Å²) in [4.78, 5) is 13.1. The lowest BCUT2D eigenvalue weighted by Crippen LogP contribution is -2.27. The molecule has 1 saturated heterocycles. The fraction of sp³-hybridized carbons (Fsp3) is 0.250. The van der Waals surface area contributed by atoms with Crippen molar-refractivity contribution in [2.75, 3.05) is 13.2 Å². The van der Waals surface area contributed by atoms with Gasteiger partial charge in [-0.3, -0.25) is 4.90 Å². The molecular formula is C12H13NO2. The van der Waals surface area contributed by atoms with Crippen LogP contribution in [0.2, 0.25) is 0 Å². The van der Waals surface area contributed by atoms with Crippen LogP contribution in [-0.4, -0.2) is 24.1 Å². The minimum Gasteiger partial charge on any atom is -0.447 e. The third-order valence-electron chi connectivity index (χ3n) is 2.49. The summed E-state index contributed by atoms with van der Waals surface area (Å²) in [6, 6.07) is 9.91. The lowest BCUT2D eigenvalue weighted by molar-refractivity contribution is 0.160. The number of cyclic esters (lactones) is 1. The Labute approximate surface area is 89.0 Å². The number of rotatable bonds is 3. The highest BCUT2D eigenvalue weighted by Gasteiger charge is 2.32. The van der Waals surface area contributed by atoms with E-state index in [1.54, 1.807) is 11.0 Å². The average Bonchev–Trinajstić information content (AvgIpc) is 2.63. The van der Waals surface area contributed by atoms with Crippen molar-refractivity contribution in [3.05, 3.63) is 48.6 Å². The van der Waals surface area contributed by atoms with Gasteiger partial charge in [-0.1, -0.05) is 36.4 Å². The van der Waals surface area contributed by atoms with E-state index in [9.17, 15) is 4.79 Å². The van der Waals surface area contributed by atoms with Gasteiger partial charge in [-0.05, 0) is 5.56 Å². The molecule has 0 bridgehead atoms. The van der Waals surface area contributed by atoms with Gasteiger partial charge < -0.3 is 4.74 Å². The van der Waals surface area contributed by atoms with E-state index in [0.717, 1.165) is 5.56 Å². The van der Waals surface area contributed by atoms with E-state index in [1.807, 2.05) is 30.3 Å². The third kappa shape index (κ3) is 1.86. The van der Waals surface area contributed by atoms with Crippen LogP contribution in [0.1, 0.15) is 11.6 Å². The van der Waals surface area contributed by atoms with Crippen molar-refractivity contribution in [1.29, 1.82) is 0 Å². The zero-order valence-electron chi connectivity index (χ0n) is 8.43. The lowest BCUT2D eigenvalue weighted by atomic mass is 10.1. The molecule has 1 fully saturated rings. The Hall–Kier alpha value is -1.77. The molecule has 1 aromatic rings. The first-order valence-corrected chi connectivity index (χ1v) is 4.92. The summed E-state index contributed by atoms with van der Waals surface area (Å²) in [5.41, 5.74) is 1.10. The summed E-state index contributed by atoms with van der Waals surface area (Å²) in [6.07, 6.45) is 1.45. The van der Waals surface area contributed by atoms with E-state index in [1.165, 1.54) is 0 Å². The highest BCUT2D eigenvalue weighted by Crippen LogP contribution is 2.26. The molecule has 1 aromatic carbocycles. The van der Waals surface area contributed by atoms with Crippen LogP contribution in [0, 0.1) is 0 Å². The predicted octanol–water partition coefficient (Wildman–Crippen LogP) is 2.37. The van der Waals surface area contributed by atoms with Crippen LogP contribution >= 0.6 is 0 Å². The van der Waals surface area contributed by atoms with E-state index >= 15 is 0 Å². The Balaban J connectivity index is 2.22. The molecule has 1 aliphatic rings. The molecular weight excluding hydrogens is 190 g/mol. The molecule has 1 atom stereocenters. The maximum atomic E-state index is 11.4. The highest BCUT2D eigenvalue weighted by atomic mass is 16.6. The standard InChI is InChI=1S/C12H13NO2/c1-2-8-13-11(9-15-12(13)14)10-6-4-3-5-7-10/h2-7,11H,1,8-9H2/t11-/m1/s1. The van der Waals surface area contributed by atoms with Gasteiger partial charge in [-0.25, -0.2) is 4.79 Å². The molecule has 1 amide bonds. The molecule has 0 aliphatic carbocycles.